The number of halogens is 3. The van der Waals surface area contributed by atoms with Gasteiger partial charge in [-0.1, -0.05) is 0 Å². The molecule has 0 saturated carbocycles. The average Bonchev–Trinajstić information content (AvgIpc) is 2.29. The van der Waals surface area contributed by atoms with E-state index in [1.807, 2.05) is 0 Å². The highest BCUT2D eigenvalue weighted by Gasteiger charge is 2.33. The van der Waals surface area contributed by atoms with Crippen LogP contribution in [0.2, 0.25) is 0 Å². The predicted octanol–water partition coefficient (Wildman–Crippen LogP) is 1.76. The Kier molecular flexibility index (Phi) is 3.11. The molecule has 0 aromatic carbocycles. The van der Waals surface area contributed by atoms with Gasteiger partial charge >= 0.3 is 6.18 Å². The average molecular weight is 232 g/mol. The monoisotopic (exact) mass is 232 g/mol. The fourth-order valence-electron chi connectivity index (χ4n) is 1.60. The highest BCUT2D eigenvalue weighted by Crippen LogP contribution is 2.29. The number of ether oxygens (including phenoxy) is 1. The Morgan fingerprint density at radius 2 is 2.25 bits per heavy atom. The lowest BCUT2D eigenvalue weighted by atomic mass is 10.1. The minimum Gasteiger partial charge on any atom is -0.378 e. The molecule has 1 N–H and O–H groups in total. The summed E-state index contributed by atoms with van der Waals surface area (Å²) in [5, 5.41) is 3.09. The number of alkyl halides is 3. The van der Waals surface area contributed by atoms with Crippen molar-refractivity contribution in [1.29, 1.82) is 0 Å². The maximum atomic E-state index is 12.4. The van der Waals surface area contributed by atoms with Gasteiger partial charge in [-0.05, 0) is 17.7 Å². The molecule has 0 radical (unpaired) electrons. The van der Waals surface area contributed by atoms with Crippen molar-refractivity contribution >= 4 is 0 Å². The van der Waals surface area contributed by atoms with E-state index in [4.69, 9.17) is 4.74 Å². The lowest BCUT2D eigenvalue weighted by Crippen LogP contribution is -2.34. The SMILES string of the molecule is FC(F)(F)c1cc(C2COCCN2)ccn1. The van der Waals surface area contributed by atoms with E-state index in [0.717, 1.165) is 6.07 Å². The van der Waals surface area contributed by atoms with Crippen LogP contribution in [-0.4, -0.2) is 24.7 Å². The van der Waals surface area contributed by atoms with Crippen LogP contribution in [0.15, 0.2) is 18.3 Å². The summed E-state index contributed by atoms with van der Waals surface area (Å²) in [5.74, 6) is 0. The Balaban J connectivity index is 2.21. The Morgan fingerprint density at radius 1 is 1.44 bits per heavy atom. The van der Waals surface area contributed by atoms with Crippen LogP contribution < -0.4 is 5.32 Å². The van der Waals surface area contributed by atoms with Crippen LogP contribution in [0.5, 0.6) is 0 Å². The first-order valence-electron chi connectivity index (χ1n) is 4.91. The zero-order chi connectivity index (χ0) is 11.6. The maximum absolute atomic E-state index is 12.4. The first-order chi connectivity index (χ1) is 7.57. The van der Waals surface area contributed by atoms with Crippen molar-refractivity contribution in [2.45, 2.75) is 12.2 Å². The van der Waals surface area contributed by atoms with Crippen molar-refractivity contribution in [2.75, 3.05) is 19.8 Å². The summed E-state index contributed by atoms with van der Waals surface area (Å²) in [6, 6.07) is 2.45. The molecule has 88 valence electrons. The van der Waals surface area contributed by atoms with Gasteiger partial charge in [0.15, 0.2) is 0 Å². The third-order valence-electron chi connectivity index (χ3n) is 2.40. The molecule has 2 heterocycles. The minimum absolute atomic E-state index is 0.183. The molecule has 1 aromatic rings. The van der Waals surface area contributed by atoms with Crippen LogP contribution in [0.4, 0.5) is 13.2 Å². The normalized spacial score (nSPS) is 22.1. The summed E-state index contributed by atoms with van der Waals surface area (Å²) in [6.45, 7) is 1.63. The lowest BCUT2D eigenvalue weighted by Gasteiger charge is -2.24. The number of aromatic nitrogens is 1. The van der Waals surface area contributed by atoms with Gasteiger partial charge in [-0.2, -0.15) is 13.2 Å². The van der Waals surface area contributed by atoms with Gasteiger partial charge in [0.05, 0.1) is 19.3 Å². The van der Waals surface area contributed by atoms with E-state index >= 15 is 0 Å². The molecule has 1 unspecified atom stereocenters. The summed E-state index contributed by atoms with van der Waals surface area (Å²) in [7, 11) is 0. The molecular formula is C10H11F3N2O. The molecule has 3 nitrogen and oxygen atoms in total. The first-order valence-corrected chi connectivity index (χ1v) is 4.91. The van der Waals surface area contributed by atoms with Crippen molar-refractivity contribution < 1.29 is 17.9 Å². The van der Waals surface area contributed by atoms with Crippen molar-refractivity contribution in [2.24, 2.45) is 0 Å². The zero-order valence-electron chi connectivity index (χ0n) is 8.42. The van der Waals surface area contributed by atoms with Gasteiger partial charge in [-0.15, -0.1) is 0 Å². The van der Waals surface area contributed by atoms with Gasteiger partial charge in [0.2, 0.25) is 0 Å². The molecule has 1 aromatic heterocycles. The maximum Gasteiger partial charge on any atom is 0.433 e. The number of hydrogen-bond acceptors (Lipinski definition) is 3. The van der Waals surface area contributed by atoms with Crippen LogP contribution in [-0.2, 0) is 10.9 Å². The van der Waals surface area contributed by atoms with Gasteiger partial charge in [-0.3, -0.25) is 4.98 Å². The van der Waals surface area contributed by atoms with Gasteiger partial charge in [-0.25, -0.2) is 0 Å². The molecule has 2 rings (SSSR count). The van der Waals surface area contributed by atoms with Crippen molar-refractivity contribution in [3.05, 3.63) is 29.6 Å². The Hall–Kier alpha value is -1.14. The van der Waals surface area contributed by atoms with Gasteiger partial charge in [0.1, 0.15) is 5.69 Å². The predicted molar refractivity (Wildman–Crippen MR) is 50.8 cm³/mol. The standard InChI is InChI=1S/C10H11F3N2O/c11-10(12,13)9-5-7(1-2-15-9)8-6-16-4-3-14-8/h1-2,5,8,14H,3-4,6H2. The first kappa shape index (κ1) is 11.3. The van der Waals surface area contributed by atoms with Crippen molar-refractivity contribution in [1.82, 2.24) is 10.3 Å². The number of nitrogens with one attached hydrogen (secondary N) is 1. The summed E-state index contributed by atoms with van der Waals surface area (Å²) >= 11 is 0. The molecule has 16 heavy (non-hydrogen) atoms. The Bertz CT molecular complexity index is 361. The topological polar surface area (TPSA) is 34.1 Å². The van der Waals surface area contributed by atoms with E-state index in [1.54, 1.807) is 6.07 Å². The van der Waals surface area contributed by atoms with E-state index in [9.17, 15) is 13.2 Å². The van der Waals surface area contributed by atoms with Crippen molar-refractivity contribution in [3.8, 4) is 0 Å². The molecular weight excluding hydrogens is 221 g/mol. The largest absolute Gasteiger partial charge is 0.433 e. The molecule has 6 heteroatoms. The second-order valence-electron chi connectivity index (χ2n) is 3.55. The van der Waals surface area contributed by atoms with E-state index in [2.05, 4.69) is 10.3 Å². The Labute approximate surface area is 90.6 Å². The van der Waals surface area contributed by atoms with Crippen LogP contribution >= 0.6 is 0 Å². The molecule has 0 aliphatic carbocycles. The van der Waals surface area contributed by atoms with Gasteiger partial charge < -0.3 is 10.1 Å². The number of nitrogens with zero attached hydrogens (tertiary/aromatic N) is 1. The second-order valence-corrected chi connectivity index (χ2v) is 3.55. The lowest BCUT2D eigenvalue weighted by molar-refractivity contribution is -0.141. The zero-order valence-corrected chi connectivity index (χ0v) is 8.42. The van der Waals surface area contributed by atoms with Gasteiger partial charge in [0, 0.05) is 12.7 Å². The summed E-state index contributed by atoms with van der Waals surface area (Å²) in [5.41, 5.74) is -0.306. The molecule has 1 fully saturated rings. The van der Waals surface area contributed by atoms with Gasteiger partial charge in [0.25, 0.3) is 0 Å². The number of pyridine rings is 1. The summed E-state index contributed by atoms with van der Waals surface area (Å²) in [4.78, 5) is 3.31. The van der Waals surface area contributed by atoms with E-state index in [-0.39, 0.29) is 6.04 Å². The minimum atomic E-state index is -4.40. The quantitative estimate of drug-likeness (QED) is 0.801. The molecule has 0 amide bonds. The van der Waals surface area contributed by atoms with E-state index in [0.29, 0.717) is 25.3 Å². The molecule has 1 aliphatic heterocycles. The third kappa shape index (κ3) is 2.51. The van der Waals surface area contributed by atoms with Crippen LogP contribution in [0, 0.1) is 0 Å². The number of hydrogen-bond donors (Lipinski definition) is 1. The van der Waals surface area contributed by atoms with Crippen LogP contribution in [0.1, 0.15) is 17.3 Å². The fraction of sp³-hybridized carbons (Fsp3) is 0.500. The molecule has 1 atom stereocenters. The smallest absolute Gasteiger partial charge is 0.378 e. The molecule has 1 aliphatic rings. The molecule has 0 spiro atoms. The number of morpholine rings is 1. The van der Waals surface area contributed by atoms with Crippen molar-refractivity contribution in [3.63, 3.8) is 0 Å². The van der Waals surface area contributed by atoms with Crippen LogP contribution in [0.3, 0.4) is 0 Å². The summed E-state index contributed by atoms with van der Waals surface area (Å²) in [6.07, 6.45) is -3.22. The fourth-order valence-corrected chi connectivity index (χ4v) is 1.60. The molecule has 0 bridgehead atoms. The molecule has 1 saturated heterocycles. The van der Waals surface area contributed by atoms with E-state index in [1.165, 1.54) is 6.20 Å². The Morgan fingerprint density at radius 3 is 2.88 bits per heavy atom. The highest BCUT2D eigenvalue weighted by molar-refractivity contribution is 5.22. The highest BCUT2D eigenvalue weighted by atomic mass is 19.4. The third-order valence-corrected chi connectivity index (χ3v) is 2.40. The van der Waals surface area contributed by atoms with Crippen LogP contribution in [0.25, 0.3) is 0 Å². The van der Waals surface area contributed by atoms with E-state index < -0.39 is 11.9 Å². The summed E-state index contributed by atoms with van der Waals surface area (Å²) < 4.78 is 42.5. The second kappa shape index (κ2) is 4.39. The number of rotatable bonds is 1.